The molecule has 1 aromatic heterocycles. The molecule has 0 spiro atoms. The number of hydrogen-bond donors (Lipinski definition) is 2. The third-order valence-electron chi connectivity index (χ3n) is 2.84. The predicted octanol–water partition coefficient (Wildman–Crippen LogP) is 3.67. The number of nitrogens with one attached hydrogen (secondary N) is 2. The van der Waals surface area contributed by atoms with E-state index in [1.165, 1.54) is 13.0 Å². The summed E-state index contributed by atoms with van der Waals surface area (Å²) in [6.45, 7) is 3.30. The number of carbonyl (C=O) groups excluding carboxylic acids is 2. The van der Waals surface area contributed by atoms with E-state index in [-0.39, 0.29) is 11.8 Å². The van der Waals surface area contributed by atoms with Crippen molar-refractivity contribution in [1.82, 2.24) is 0 Å². The molecule has 2 amide bonds. The highest BCUT2D eigenvalue weighted by Gasteiger charge is 2.06. The number of hydrogen-bond acceptors (Lipinski definition) is 3. The van der Waals surface area contributed by atoms with Gasteiger partial charge in [-0.3, -0.25) is 9.59 Å². The second kappa shape index (κ2) is 6.85. The van der Waals surface area contributed by atoms with Gasteiger partial charge >= 0.3 is 0 Å². The third-order valence-corrected chi connectivity index (χ3v) is 3.68. The summed E-state index contributed by atoms with van der Waals surface area (Å²) >= 11 is 1.57. The average Bonchev–Trinajstić information content (AvgIpc) is 2.94. The third kappa shape index (κ3) is 4.29. The van der Waals surface area contributed by atoms with Crippen LogP contribution in [0.15, 0.2) is 41.8 Å². The summed E-state index contributed by atoms with van der Waals surface area (Å²) in [5, 5.41) is 7.51. The summed E-state index contributed by atoms with van der Waals surface area (Å²) in [4.78, 5) is 24.1. The molecule has 5 heteroatoms. The zero-order valence-corrected chi connectivity index (χ0v) is 12.7. The summed E-state index contributed by atoms with van der Waals surface area (Å²) in [7, 11) is 0. The Kier molecular flexibility index (Phi) is 4.90. The Morgan fingerprint density at radius 3 is 2.43 bits per heavy atom. The summed E-state index contributed by atoms with van der Waals surface area (Å²) in [6.07, 6.45) is 3.27. The van der Waals surface area contributed by atoms with Gasteiger partial charge in [-0.2, -0.15) is 0 Å². The quantitative estimate of drug-likeness (QED) is 0.846. The van der Waals surface area contributed by atoms with Crippen LogP contribution in [0.3, 0.4) is 0 Å². The maximum absolute atomic E-state index is 11.9. The molecule has 0 saturated carbocycles. The van der Waals surface area contributed by atoms with E-state index < -0.39 is 0 Å². The van der Waals surface area contributed by atoms with Crippen LogP contribution in [0.2, 0.25) is 0 Å². The molecule has 1 heterocycles. The largest absolute Gasteiger partial charge is 0.326 e. The van der Waals surface area contributed by atoms with Crippen LogP contribution < -0.4 is 10.6 Å². The van der Waals surface area contributed by atoms with Gasteiger partial charge in [0.05, 0.1) is 0 Å². The van der Waals surface area contributed by atoms with Gasteiger partial charge in [0.2, 0.25) is 11.8 Å². The molecule has 1 aromatic carbocycles. The second-order valence-electron chi connectivity index (χ2n) is 4.50. The van der Waals surface area contributed by atoms with Crippen LogP contribution in [0.1, 0.15) is 17.4 Å². The van der Waals surface area contributed by atoms with Crippen molar-refractivity contribution in [3.05, 3.63) is 52.2 Å². The minimum absolute atomic E-state index is 0.140. The first-order chi connectivity index (χ1) is 10.1. The molecule has 0 aliphatic heterocycles. The SMILES string of the molecule is CC(=O)Nc1cccc(NC(=O)C=Cc2cccs2)c1C. The van der Waals surface area contributed by atoms with E-state index in [1.807, 2.05) is 24.4 Å². The zero-order valence-electron chi connectivity index (χ0n) is 11.8. The van der Waals surface area contributed by atoms with E-state index in [0.29, 0.717) is 11.4 Å². The average molecular weight is 300 g/mol. The van der Waals surface area contributed by atoms with Crippen molar-refractivity contribution in [2.45, 2.75) is 13.8 Å². The van der Waals surface area contributed by atoms with Gasteiger partial charge in [-0.25, -0.2) is 0 Å². The molecule has 2 N–H and O–H groups in total. The highest BCUT2D eigenvalue weighted by molar-refractivity contribution is 7.10. The summed E-state index contributed by atoms with van der Waals surface area (Å²) in [5.41, 5.74) is 2.20. The summed E-state index contributed by atoms with van der Waals surface area (Å²) in [5.74, 6) is -0.342. The van der Waals surface area contributed by atoms with E-state index in [4.69, 9.17) is 0 Å². The van der Waals surface area contributed by atoms with E-state index in [0.717, 1.165) is 10.4 Å². The number of thiophene rings is 1. The molecule has 0 fully saturated rings. The molecule has 0 aliphatic carbocycles. The van der Waals surface area contributed by atoms with Crippen molar-refractivity contribution in [3.8, 4) is 0 Å². The molecule has 2 rings (SSSR count). The number of benzene rings is 1. The Bertz CT molecular complexity index is 676. The minimum atomic E-state index is -0.202. The minimum Gasteiger partial charge on any atom is -0.326 e. The Labute approximate surface area is 127 Å². The first-order valence-corrected chi connectivity index (χ1v) is 7.34. The number of rotatable bonds is 4. The van der Waals surface area contributed by atoms with Crippen molar-refractivity contribution in [1.29, 1.82) is 0 Å². The van der Waals surface area contributed by atoms with E-state index in [9.17, 15) is 9.59 Å². The van der Waals surface area contributed by atoms with Gasteiger partial charge in [-0.1, -0.05) is 12.1 Å². The first kappa shape index (κ1) is 15.0. The van der Waals surface area contributed by atoms with Crippen LogP contribution in [0.4, 0.5) is 11.4 Å². The predicted molar refractivity (Wildman–Crippen MR) is 87.5 cm³/mol. The number of amides is 2. The molecule has 21 heavy (non-hydrogen) atoms. The van der Waals surface area contributed by atoms with Crippen LogP contribution in [0.25, 0.3) is 6.08 Å². The lowest BCUT2D eigenvalue weighted by atomic mass is 10.1. The van der Waals surface area contributed by atoms with Crippen molar-refractivity contribution in [2.75, 3.05) is 10.6 Å². The van der Waals surface area contributed by atoms with Crippen LogP contribution in [0.5, 0.6) is 0 Å². The second-order valence-corrected chi connectivity index (χ2v) is 5.48. The summed E-state index contributed by atoms with van der Waals surface area (Å²) < 4.78 is 0. The monoisotopic (exact) mass is 300 g/mol. The van der Waals surface area contributed by atoms with Gasteiger partial charge < -0.3 is 10.6 Å². The van der Waals surface area contributed by atoms with Crippen LogP contribution in [-0.4, -0.2) is 11.8 Å². The molecule has 2 aromatic rings. The lowest BCUT2D eigenvalue weighted by Gasteiger charge is -2.11. The van der Waals surface area contributed by atoms with Crippen molar-refractivity contribution >= 4 is 40.6 Å². The summed E-state index contributed by atoms with van der Waals surface area (Å²) in [6, 6.07) is 9.27. The standard InChI is InChI=1S/C16H16N2O2S/c1-11-14(17-12(2)19)6-3-7-15(11)18-16(20)9-8-13-5-4-10-21-13/h3-10H,1-2H3,(H,17,19)(H,18,20). The Balaban J connectivity index is 2.08. The fourth-order valence-electron chi connectivity index (χ4n) is 1.81. The smallest absolute Gasteiger partial charge is 0.248 e. The number of carbonyl (C=O) groups is 2. The molecule has 0 aliphatic rings. The number of anilines is 2. The molecular formula is C16H16N2O2S. The van der Waals surface area contributed by atoms with Crippen LogP contribution in [-0.2, 0) is 9.59 Å². The normalized spacial score (nSPS) is 10.6. The molecule has 0 radical (unpaired) electrons. The van der Waals surface area contributed by atoms with E-state index in [2.05, 4.69) is 10.6 Å². The van der Waals surface area contributed by atoms with Crippen molar-refractivity contribution in [3.63, 3.8) is 0 Å². The topological polar surface area (TPSA) is 58.2 Å². The Morgan fingerprint density at radius 1 is 1.10 bits per heavy atom. The zero-order chi connectivity index (χ0) is 15.2. The fourth-order valence-corrected chi connectivity index (χ4v) is 2.43. The fraction of sp³-hybridized carbons (Fsp3) is 0.125. The van der Waals surface area contributed by atoms with Gasteiger partial charge in [-0.05, 0) is 42.1 Å². The molecule has 4 nitrogen and oxygen atoms in total. The van der Waals surface area contributed by atoms with Crippen molar-refractivity contribution < 1.29 is 9.59 Å². The molecule has 0 bridgehead atoms. The van der Waals surface area contributed by atoms with Crippen molar-refractivity contribution in [2.24, 2.45) is 0 Å². The van der Waals surface area contributed by atoms with Crippen LogP contribution >= 0.6 is 11.3 Å². The Hall–Kier alpha value is -2.40. The first-order valence-electron chi connectivity index (χ1n) is 6.46. The van der Waals surface area contributed by atoms with Gasteiger partial charge in [0.15, 0.2) is 0 Å². The highest BCUT2D eigenvalue weighted by atomic mass is 32.1. The molecule has 0 saturated heterocycles. The molecule has 0 atom stereocenters. The van der Waals surface area contributed by atoms with E-state index >= 15 is 0 Å². The van der Waals surface area contributed by atoms with E-state index in [1.54, 1.807) is 35.6 Å². The van der Waals surface area contributed by atoms with Gasteiger partial charge in [0.25, 0.3) is 0 Å². The lowest BCUT2D eigenvalue weighted by molar-refractivity contribution is -0.114. The maximum atomic E-state index is 11.9. The van der Waals surface area contributed by atoms with Gasteiger partial charge in [-0.15, -0.1) is 11.3 Å². The molecule has 0 unspecified atom stereocenters. The Morgan fingerprint density at radius 2 is 1.81 bits per heavy atom. The lowest BCUT2D eigenvalue weighted by Crippen LogP contribution is -2.11. The van der Waals surface area contributed by atoms with Gasteiger partial charge in [0, 0.05) is 29.3 Å². The molecule has 108 valence electrons. The maximum Gasteiger partial charge on any atom is 0.248 e. The highest BCUT2D eigenvalue weighted by Crippen LogP contribution is 2.23. The van der Waals surface area contributed by atoms with Crippen LogP contribution in [0, 0.1) is 6.92 Å². The van der Waals surface area contributed by atoms with Gasteiger partial charge in [0.1, 0.15) is 0 Å². The molecular weight excluding hydrogens is 284 g/mol.